The molecular weight excluding hydrogens is 329 g/mol. The van der Waals surface area contributed by atoms with Crippen molar-refractivity contribution in [2.24, 2.45) is 0 Å². The summed E-state index contributed by atoms with van der Waals surface area (Å²) in [6, 6.07) is 10.5. The Bertz CT molecular complexity index is 586. The number of halogens is 3. The molecule has 0 amide bonds. The van der Waals surface area contributed by atoms with E-state index < -0.39 is 0 Å². The van der Waals surface area contributed by atoms with Crippen LogP contribution in [0.1, 0.15) is 12.5 Å². The van der Waals surface area contributed by atoms with Gasteiger partial charge in [-0.05, 0) is 48.0 Å². The minimum Gasteiger partial charge on any atom is -0.313 e. The molecule has 0 saturated carbocycles. The standard InChI is InChI=1S/C15H14BrClFN/c1-2-19-9-10-3-5-12(17)8-13(10)14-7-11(16)4-6-15(14)18/h3-8,19H,2,9H2,1H3. The van der Waals surface area contributed by atoms with Crippen LogP contribution in [0.3, 0.4) is 0 Å². The molecular formula is C15H14BrClFN. The SMILES string of the molecule is CCNCc1ccc(Cl)cc1-c1cc(Br)ccc1F. The van der Waals surface area contributed by atoms with Gasteiger partial charge in [0.05, 0.1) is 0 Å². The van der Waals surface area contributed by atoms with Crippen molar-refractivity contribution in [3.05, 3.63) is 57.3 Å². The highest BCUT2D eigenvalue weighted by molar-refractivity contribution is 9.10. The maximum Gasteiger partial charge on any atom is 0.131 e. The fourth-order valence-corrected chi connectivity index (χ4v) is 2.45. The van der Waals surface area contributed by atoms with Gasteiger partial charge in [-0.25, -0.2) is 4.39 Å². The van der Waals surface area contributed by atoms with E-state index in [0.717, 1.165) is 22.1 Å². The first kappa shape index (κ1) is 14.5. The Labute approximate surface area is 125 Å². The minimum absolute atomic E-state index is 0.247. The molecule has 0 unspecified atom stereocenters. The van der Waals surface area contributed by atoms with Crippen LogP contribution >= 0.6 is 27.5 Å². The molecule has 19 heavy (non-hydrogen) atoms. The molecule has 0 aliphatic heterocycles. The molecule has 1 N–H and O–H groups in total. The molecule has 2 aromatic carbocycles. The van der Waals surface area contributed by atoms with Gasteiger partial charge in [0.1, 0.15) is 5.82 Å². The molecule has 0 bridgehead atoms. The van der Waals surface area contributed by atoms with Crippen LogP contribution in [-0.2, 0) is 6.54 Å². The Morgan fingerprint density at radius 2 is 1.95 bits per heavy atom. The van der Waals surface area contributed by atoms with Crippen LogP contribution in [0, 0.1) is 5.82 Å². The Balaban J connectivity index is 2.52. The van der Waals surface area contributed by atoms with Gasteiger partial charge < -0.3 is 5.32 Å². The summed E-state index contributed by atoms with van der Waals surface area (Å²) < 4.78 is 14.9. The van der Waals surface area contributed by atoms with Gasteiger partial charge in [-0.1, -0.05) is 40.5 Å². The van der Waals surface area contributed by atoms with Crippen LogP contribution in [0.2, 0.25) is 5.02 Å². The van der Waals surface area contributed by atoms with Gasteiger partial charge in [0, 0.05) is 21.6 Å². The first-order valence-electron chi connectivity index (χ1n) is 6.06. The molecule has 2 aromatic rings. The summed E-state index contributed by atoms with van der Waals surface area (Å²) in [5.41, 5.74) is 2.42. The molecule has 0 heterocycles. The molecule has 0 aliphatic carbocycles. The lowest BCUT2D eigenvalue weighted by Crippen LogP contribution is -2.12. The molecule has 0 atom stereocenters. The zero-order valence-electron chi connectivity index (χ0n) is 10.5. The van der Waals surface area contributed by atoms with E-state index >= 15 is 0 Å². The van der Waals surface area contributed by atoms with E-state index in [1.165, 1.54) is 6.07 Å². The summed E-state index contributed by atoms with van der Waals surface area (Å²) >= 11 is 9.41. The summed E-state index contributed by atoms with van der Waals surface area (Å²) in [7, 11) is 0. The van der Waals surface area contributed by atoms with E-state index in [1.54, 1.807) is 18.2 Å². The number of hydrogen-bond donors (Lipinski definition) is 1. The largest absolute Gasteiger partial charge is 0.313 e. The maximum absolute atomic E-state index is 14.0. The fraction of sp³-hybridized carbons (Fsp3) is 0.200. The van der Waals surface area contributed by atoms with Gasteiger partial charge in [0.25, 0.3) is 0 Å². The highest BCUT2D eigenvalue weighted by atomic mass is 79.9. The maximum atomic E-state index is 14.0. The van der Waals surface area contributed by atoms with Gasteiger partial charge >= 0.3 is 0 Å². The van der Waals surface area contributed by atoms with E-state index in [0.29, 0.717) is 17.1 Å². The average molecular weight is 343 g/mol. The molecule has 100 valence electrons. The fourth-order valence-electron chi connectivity index (χ4n) is 1.92. The predicted molar refractivity (Wildman–Crippen MR) is 81.9 cm³/mol. The molecule has 2 rings (SSSR count). The predicted octanol–water partition coefficient (Wildman–Crippen LogP) is 5.02. The second kappa shape index (κ2) is 6.51. The first-order chi connectivity index (χ1) is 9.11. The summed E-state index contributed by atoms with van der Waals surface area (Å²) in [6.45, 7) is 3.59. The van der Waals surface area contributed by atoms with Gasteiger partial charge in [0.15, 0.2) is 0 Å². The van der Waals surface area contributed by atoms with Crippen LogP contribution in [-0.4, -0.2) is 6.54 Å². The van der Waals surface area contributed by atoms with Crippen molar-refractivity contribution in [3.63, 3.8) is 0 Å². The number of nitrogens with one attached hydrogen (secondary N) is 1. The third-order valence-electron chi connectivity index (χ3n) is 2.86. The van der Waals surface area contributed by atoms with Crippen LogP contribution in [0.25, 0.3) is 11.1 Å². The van der Waals surface area contributed by atoms with Crippen molar-refractivity contribution in [2.75, 3.05) is 6.54 Å². The van der Waals surface area contributed by atoms with E-state index in [-0.39, 0.29) is 5.82 Å². The third kappa shape index (κ3) is 3.56. The van der Waals surface area contributed by atoms with Crippen molar-refractivity contribution in [3.8, 4) is 11.1 Å². The lowest BCUT2D eigenvalue weighted by Gasteiger charge is -2.12. The lowest BCUT2D eigenvalue weighted by atomic mass is 9.99. The minimum atomic E-state index is -0.247. The molecule has 0 fully saturated rings. The highest BCUT2D eigenvalue weighted by Crippen LogP contribution is 2.31. The van der Waals surface area contributed by atoms with E-state index in [1.807, 2.05) is 19.1 Å². The summed E-state index contributed by atoms with van der Waals surface area (Å²) in [5.74, 6) is -0.247. The summed E-state index contributed by atoms with van der Waals surface area (Å²) in [6.07, 6.45) is 0. The van der Waals surface area contributed by atoms with Gasteiger partial charge in [0.2, 0.25) is 0 Å². The normalized spacial score (nSPS) is 10.7. The molecule has 0 radical (unpaired) electrons. The Kier molecular flexibility index (Phi) is 4.97. The van der Waals surface area contributed by atoms with Crippen molar-refractivity contribution in [1.29, 1.82) is 0 Å². The topological polar surface area (TPSA) is 12.0 Å². The smallest absolute Gasteiger partial charge is 0.131 e. The molecule has 0 aliphatic rings. The second-order valence-corrected chi connectivity index (χ2v) is 5.56. The molecule has 1 nitrogen and oxygen atoms in total. The number of hydrogen-bond acceptors (Lipinski definition) is 1. The highest BCUT2D eigenvalue weighted by Gasteiger charge is 2.11. The quantitative estimate of drug-likeness (QED) is 0.823. The zero-order valence-corrected chi connectivity index (χ0v) is 12.9. The van der Waals surface area contributed by atoms with Crippen LogP contribution in [0.15, 0.2) is 40.9 Å². The average Bonchev–Trinajstić information content (AvgIpc) is 2.40. The monoisotopic (exact) mass is 341 g/mol. The van der Waals surface area contributed by atoms with Crippen molar-refractivity contribution < 1.29 is 4.39 Å². The number of rotatable bonds is 4. The zero-order chi connectivity index (χ0) is 13.8. The van der Waals surface area contributed by atoms with E-state index in [9.17, 15) is 4.39 Å². The third-order valence-corrected chi connectivity index (χ3v) is 3.58. The van der Waals surface area contributed by atoms with Gasteiger partial charge in [-0.2, -0.15) is 0 Å². The van der Waals surface area contributed by atoms with Crippen molar-refractivity contribution in [2.45, 2.75) is 13.5 Å². The summed E-state index contributed by atoms with van der Waals surface area (Å²) in [4.78, 5) is 0. The van der Waals surface area contributed by atoms with Crippen molar-refractivity contribution >= 4 is 27.5 Å². The van der Waals surface area contributed by atoms with Crippen LogP contribution < -0.4 is 5.32 Å². The molecule has 0 saturated heterocycles. The van der Waals surface area contributed by atoms with Crippen LogP contribution in [0.5, 0.6) is 0 Å². The Morgan fingerprint density at radius 3 is 2.68 bits per heavy atom. The van der Waals surface area contributed by atoms with E-state index in [4.69, 9.17) is 11.6 Å². The molecule has 0 aromatic heterocycles. The van der Waals surface area contributed by atoms with E-state index in [2.05, 4.69) is 21.2 Å². The Morgan fingerprint density at radius 1 is 1.16 bits per heavy atom. The lowest BCUT2D eigenvalue weighted by molar-refractivity contribution is 0.630. The number of benzene rings is 2. The van der Waals surface area contributed by atoms with Gasteiger partial charge in [-0.3, -0.25) is 0 Å². The first-order valence-corrected chi connectivity index (χ1v) is 7.23. The van der Waals surface area contributed by atoms with Gasteiger partial charge in [-0.15, -0.1) is 0 Å². The Hall–Kier alpha value is -0.900. The molecule has 4 heteroatoms. The second-order valence-electron chi connectivity index (χ2n) is 4.21. The molecule has 0 spiro atoms. The summed E-state index contributed by atoms with van der Waals surface area (Å²) in [5, 5.41) is 3.86. The van der Waals surface area contributed by atoms with Crippen LogP contribution in [0.4, 0.5) is 4.39 Å². The van der Waals surface area contributed by atoms with Crippen molar-refractivity contribution in [1.82, 2.24) is 5.32 Å².